The Kier molecular flexibility index (Phi) is 7.68. The lowest BCUT2D eigenvalue weighted by atomic mass is 10.1. The van der Waals surface area contributed by atoms with Crippen molar-refractivity contribution in [2.24, 2.45) is 5.92 Å². The van der Waals surface area contributed by atoms with Crippen LogP contribution in [0, 0.1) is 19.8 Å². The molecule has 0 amide bonds. The highest BCUT2D eigenvalue weighted by Crippen LogP contribution is 2.25. The van der Waals surface area contributed by atoms with Gasteiger partial charge in [-0.2, -0.15) is 0 Å². The molecule has 0 saturated heterocycles. The van der Waals surface area contributed by atoms with Crippen LogP contribution in [0.15, 0.2) is 12.1 Å². The van der Waals surface area contributed by atoms with Gasteiger partial charge in [0.1, 0.15) is 5.75 Å². The van der Waals surface area contributed by atoms with Gasteiger partial charge in [-0.3, -0.25) is 0 Å². The monoisotopic (exact) mass is 277 g/mol. The zero-order valence-electron chi connectivity index (χ0n) is 13.9. The van der Waals surface area contributed by atoms with Crippen molar-refractivity contribution in [2.75, 3.05) is 13.2 Å². The molecule has 0 aliphatic rings. The lowest BCUT2D eigenvalue weighted by molar-refractivity contribution is 0.294. The van der Waals surface area contributed by atoms with E-state index >= 15 is 0 Å². The Labute approximate surface area is 124 Å². The van der Waals surface area contributed by atoms with Crippen LogP contribution in [0.25, 0.3) is 0 Å². The Morgan fingerprint density at radius 1 is 1.15 bits per heavy atom. The Bertz CT molecular complexity index is 375. The van der Waals surface area contributed by atoms with Gasteiger partial charge in [0.15, 0.2) is 0 Å². The summed E-state index contributed by atoms with van der Waals surface area (Å²) in [7, 11) is 0. The molecule has 0 aromatic heterocycles. The van der Waals surface area contributed by atoms with Crippen LogP contribution in [0.3, 0.4) is 0 Å². The van der Waals surface area contributed by atoms with Crippen LogP contribution in [0.5, 0.6) is 5.75 Å². The molecule has 114 valence electrons. The molecule has 1 rings (SSSR count). The van der Waals surface area contributed by atoms with Crippen molar-refractivity contribution >= 4 is 0 Å². The van der Waals surface area contributed by atoms with Gasteiger partial charge in [-0.25, -0.2) is 0 Å². The summed E-state index contributed by atoms with van der Waals surface area (Å²) in [6.45, 7) is 13.9. The number of rotatable bonds is 9. The van der Waals surface area contributed by atoms with E-state index in [-0.39, 0.29) is 0 Å². The summed E-state index contributed by atoms with van der Waals surface area (Å²) in [5.41, 5.74) is 3.86. The smallest absolute Gasteiger partial charge is 0.125 e. The van der Waals surface area contributed by atoms with Gasteiger partial charge in [0, 0.05) is 6.54 Å². The fourth-order valence-corrected chi connectivity index (χ4v) is 2.44. The third kappa shape index (κ3) is 5.96. The summed E-state index contributed by atoms with van der Waals surface area (Å²) in [4.78, 5) is 0. The van der Waals surface area contributed by atoms with Gasteiger partial charge in [-0.15, -0.1) is 0 Å². The van der Waals surface area contributed by atoms with Crippen molar-refractivity contribution in [1.29, 1.82) is 0 Å². The quantitative estimate of drug-likeness (QED) is 0.665. The topological polar surface area (TPSA) is 21.3 Å². The molecule has 2 heteroatoms. The summed E-state index contributed by atoms with van der Waals surface area (Å²) in [5.74, 6) is 1.83. The van der Waals surface area contributed by atoms with Crippen LogP contribution in [0.1, 0.15) is 56.7 Å². The van der Waals surface area contributed by atoms with Crippen molar-refractivity contribution in [3.63, 3.8) is 0 Å². The van der Waals surface area contributed by atoms with E-state index in [9.17, 15) is 0 Å². The molecular weight excluding hydrogens is 246 g/mol. The highest BCUT2D eigenvalue weighted by atomic mass is 16.5. The minimum atomic E-state index is 0.757. The maximum atomic E-state index is 5.98. The Morgan fingerprint density at radius 3 is 2.35 bits per heavy atom. The third-order valence-corrected chi connectivity index (χ3v) is 3.45. The Hall–Kier alpha value is -1.02. The van der Waals surface area contributed by atoms with E-state index in [1.807, 2.05) is 0 Å². The van der Waals surface area contributed by atoms with Gasteiger partial charge in [-0.1, -0.05) is 32.9 Å². The summed E-state index contributed by atoms with van der Waals surface area (Å²) in [5, 5.41) is 3.45. The summed E-state index contributed by atoms with van der Waals surface area (Å²) in [6.07, 6.45) is 3.54. The highest BCUT2D eigenvalue weighted by Gasteiger charge is 2.06. The zero-order chi connectivity index (χ0) is 15.0. The first-order valence-corrected chi connectivity index (χ1v) is 7.98. The molecular formula is C18H31NO. The van der Waals surface area contributed by atoms with Crippen molar-refractivity contribution in [1.82, 2.24) is 5.32 Å². The van der Waals surface area contributed by atoms with E-state index in [2.05, 4.69) is 52.1 Å². The second-order valence-electron chi connectivity index (χ2n) is 6.12. The lowest BCUT2D eigenvalue weighted by Crippen LogP contribution is -2.14. The molecule has 0 aliphatic heterocycles. The van der Waals surface area contributed by atoms with Gasteiger partial charge < -0.3 is 10.1 Å². The van der Waals surface area contributed by atoms with Crippen LogP contribution in [0.2, 0.25) is 0 Å². The van der Waals surface area contributed by atoms with Gasteiger partial charge in [-0.05, 0) is 62.3 Å². The van der Waals surface area contributed by atoms with E-state index in [4.69, 9.17) is 4.74 Å². The molecule has 0 radical (unpaired) electrons. The molecule has 1 aromatic rings. The molecule has 0 bridgehead atoms. The predicted octanol–water partition coefficient (Wildman–Crippen LogP) is 4.62. The van der Waals surface area contributed by atoms with Crippen LogP contribution in [-0.2, 0) is 6.54 Å². The van der Waals surface area contributed by atoms with Crippen molar-refractivity contribution in [3.05, 3.63) is 28.8 Å². The molecule has 1 aromatic carbocycles. The molecule has 20 heavy (non-hydrogen) atoms. The van der Waals surface area contributed by atoms with Crippen molar-refractivity contribution in [2.45, 2.75) is 60.4 Å². The zero-order valence-corrected chi connectivity index (χ0v) is 13.9. The molecule has 0 fully saturated rings. The van der Waals surface area contributed by atoms with Crippen LogP contribution in [-0.4, -0.2) is 13.2 Å². The Balaban J connectivity index is 2.55. The number of benzene rings is 1. The minimum Gasteiger partial charge on any atom is -0.493 e. The molecule has 0 heterocycles. The van der Waals surface area contributed by atoms with Crippen LogP contribution in [0.4, 0.5) is 0 Å². The molecule has 2 nitrogen and oxygen atoms in total. The van der Waals surface area contributed by atoms with E-state index in [0.717, 1.165) is 37.8 Å². The maximum absolute atomic E-state index is 5.98. The first-order chi connectivity index (χ1) is 9.54. The second kappa shape index (κ2) is 9.02. The number of ether oxygens (including phenoxy) is 1. The molecule has 0 unspecified atom stereocenters. The van der Waals surface area contributed by atoms with E-state index < -0.39 is 0 Å². The van der Waals surface area contributed by atoms with Gasteiger partial charge in [0.05, 0.1) is 6.61 Å². The molecule has 0 spiro atoms. The largest absolute Gasteiger partial charge is 0.493 e. The molecule has 1 N–H and O–H groups in total. The molecule has 0 saturated carbocycles. The maximum Gasteiger partial charge on any atom is 0.125 e. The highest BCUT2D eigenvalue weighted by molar-refractivity contribution is 5.43. The average Bonchev–Trinajstić information content (AvgIpc) is 2.37. The number of nitrogens with one attached hydrogen (secondary N) is 1. The number of hydrogen-bond donors (Lipinski definition) is 1. The van der Waals surface area contributed by atoms with E-state index in [1.54, 1.807) is 0 Å². The predicted molar refractivity (Wildman–Crippen MR) is 87.5 cm³/mol. The fraction of sp³-hybridized carbons (Fsp3) is 0.667. The molecule has 0 atom stereocenters. The molecule has 0 aliphatic carbocycles. The first-order valence-electron chi connectivity index (χ1n) is 7.98. The first kappa shape index (κ1) is 17.0. The van der Waals surface area contributed by atoms with Gasteiger partial charge >= 0.3 is 0 Å². The Morgan fingerprint density at radius 2 is 1.80 bits per heavy atom. The SMILES string of the molecule is CCCNCc1cc(C)c(OCCCC(C)C)c(C)c1. The minimum absolute atomic E-state index is 0.757. The van der Waals surface area contributed by atoms with Crippen molar-refractivity contribution < 1.29 is 4.74 Å². The van der Waals surface area contributed by atoms with Crippen LogP contribution >= 0.6 is 0 Å². The number of hydrogen-bond acceptors (Lipinski definition) is 2. The standard InChI is InChI=1S/C18H31NO/c1-6-9-19-13-17-11-15(4)18(16(5)12-17)20-10-7-8-14(2)3/h11-12,14,19H,6-10,13H2,1-5H3. The third-order valence-electron chi connectivity index (χ3n) is 3.45. The summed E-state index contributed by atoms with van der Waals surface area (Å²) in [6, 6.07) is 4.49. The van der Waals surface area contributed by atoms with Crippen molar-refractivity contribution in [3.8, 4) is 5.75 Å². The normalized spacial score (nSPS) is 11.1. The summed E-state index contributed by atoms with van der Waals surface area (Å²) >= 11 is 0. The van der Waals surface area contributed by atoms with Crippen LogP contribution < -0.4 is 10.1 Å². The van der Waals surface area contributed by atoms with Gasteiger partial charge in [0.25, 0.3) is 0 Å². The number of aryl methyl sites for hydroxylation is 2. The van der Waals surface area contributed by atoms with E-state index in [1.165, 1.54) is 29.5 Å². The van der Waals surface area contributed by atoms with Gasteiger partial charge in [0.2, 0.25) is 0 Å². The second-order valence-corrected chi connectivity index (χ2v) is 6.12. The fourth-order valence-electron chi connectivity index (χ4n) is 2.44. The van der Waals surface area contributed by atoms with E-state index in [0.29, 0.717) is 0 Å². The summed E-state index contributed by atoms with van der Waals surface area (Å²) < 4.78 is 5.98. The average molecular weight is 277 g/mol. The lowest BCUT2D eigenvalue weighted by Gasteiger charge is -2.15.